The van der Waals surface area contributed by atoms with Crippen LogP contribution in [-0.4, -0.2) is 48.2 Å². The Balaban J connectivity index is 2.57. The van der Waals surface area contributed by atoms with Crippen LogP contribution in [0.5, 0.6) is 0 Å². The summed E-state index contributed by atoms with van der Waals surface area (Å²) in [5, 5.41) is 33.8. The first-order chi connectivity index (χ1) is 7.65. The summed E-state index contributed by atoms with van der Waals surface area (Å²) in [5.74, 6) is 0. The number of aromatic amines is 2. The molecule has 8 heteroatoms. The van der Waals surface area contributed by atoms with Crippen molar-refractivity contribution < 1.29 is 15.3 Å². The van der Waals surface area contributed by atoms with E-state index in [1.807, 2.05) is 0 Å². The number of aliphatic hydroxyl groups is 3. The molecule has 0 aliphatic carbocycles. The average molecular weight is 226 g/mol. The minimum Gasteiger partial charge on any atom is -0.394 e. The summed E-state index contributed by atoms with van der Waals surface area (Å²) in [6.45, 7) is -0.625. The van der Waals surface area contributed by atoms with Crippen LogP contribution < -0.4 is 5.56 Å². The molecule has 2 atom stereocenters. The molecule has 0 amide bonds. The van der Waals surface area contributed by atoms with Gasteiger partial charge in [-0.1, -0.05) is 0 Å². The van der Waals surface area contributed by atoms with Crippen molar-refractivity contribution in [1.29, 1.82) is 0 Å². The van der Waals surface area contributed by atoms with Gasteiger partial charge >= 0.3 is 0 Å². The second-order valence-electron chi connectivity index (χ2n) is 3.26. The smallest absolute Gasteiger partial charge is 0.262 e. The quantitative estimate of drug-likeness (QED) is 0.412. The summed E-state index contributed by atoms with van der Waals surface area (Å²) in [7, 11) is 0. The maximum Gasteiger partial charge on any atom is 0.262 e. The van der Waals surface area contributed by atoms with Gasteiger partial charge in [-0.2, -0.15) is 5.10 Å². The summed E-state index contributed by atoms with van der Waals surface area (Å²) < 4.78 is 0. The predicted octanol–water partition coefficient (Wildman–Crippen LogP) is -1.97. The van der Waals surface area contributed by atoms with Gasteiger partial charge in [0, 0.05) is 0 Å². The van der Waals surface area contributed by atoms with Crippen LogP contribution in [0.3, 0.4) is 0 Å². The largest absolute Gasteiger partial charge is 0.394 e. The number of nitrogens with zero attached hydrogens (tertiary/aromatic N) is 2. The number of H-pyrrole nitrogens is 2. The van der Waals surface area contributed by atoms with Crippen molar-refractivity contribution in [3.8, 4) is 0 Å². The van der Waals surface area contributed by atoms with E-state index >= 15 is 0 Å². The molecule has 0 aliphatic rings. The third-order valence-electron chi connectivity index (χ3n) is 2.23. The lowest BCUT2D eigenvalue weighted by molar-refractivity contribution is -0.0166. The molecule has 16 heavy (non-hydrogen) atoms. The zero-order chi connectivity index (χ0) is 11.7. The molecular weight excluding hydrogens is 216 g/mol. The van der Waals surface area contributed by atoms with Crippen molar-refractivity contribution in [1.82, 2.24) is 20.2 Å². The highest BCUT2D eigenvalue weighted by atomic mass is 16.4. The van der Waals surface area contributed by atoms with Crippen LogP contribution in [0.25, 0.3) is 11.0 Å². The first-order valence-electron chi connectivity index (χ1n) is 4.53. The van der Waals surface area contributed by atoms with E-state index in [0.29, 0.717) is 0 Å². The van der Waals surface area contributed by atoms with Crippen LogP contribution in [0.1, 0.15) is 11.8 Å². The van der Waals surface area contributed by atoms with Gasteiger partial charge in [0.1, 0.15) is 17.6 Å². The van der Waals surface area contributed by atoms with Gasteiger partial charge < -0.3 is 20.3 Å². The van der Waals surface area contributed by atoms with Crippen molar-refractivity contribution in [3.63, 3.8) is 0 Å². The molecule has 2 rings (SSSR count). The molecule has 0 fully saturated rings. The monoisotopic (exact) mass is 226 g/mol. The van der Waals surface area contributed by atoms with Gasteiger partial charge in [-0.15, -0.1) is 0 Å². The lowest BCUT2D eigenvalue weighted by atomic mass is 10.1. The Morgan fingerprint density at radius 1 is 1.44 bits per heavy atom. The van der Waals surface area contributed by atoms with Gasteiger partial charge in [-0.25, -0.2) is 4.98 Å². The van der Waals surface area contributed by atoms with E-state index in [1.165, 1.54) is 6.33 Å². The Morgan fingerprint density at radius 2 is 2.19 bits per heavy atom. The SMILES string of the molecule is O=c1[nH]cnc2n[nH]c(C(O)C(O)CO)c12. The molecule has 0 saturated carbocycles. The van der Waals surface area contributed by atoms with Crippen LogP contribution >= 0.6 is 0 Å². The number of hydrogen-bond acceptors (Lipinski definition) is 6. The van der Waals surface area contributed by atoms with Gasteiger partial charge in [0.25, 0.3) is 5.56 Å². The molecule has 5 N–H and O–H groups in total. The third kappa shape index (κ3) is 1.58. The number of aromatic nitrogens is 4. The molecule has 0 aromatic carbocycles. The van der Waals surface area contributed by atoms with Gasteiger partial charge in [0.05, 0.1) is 18.6 Å². The Labute approximate surface area is 88.6 Å². The van der Waals surface area contributed by atoms with Gasteiger partial charge in [-0.05, 0) is 0 Å². The van der Waals surface area contributed by atoms with Crippen LogP contribution in [0.15, 0.2) is 11.1 Å². The predicted molar refractivity (Wildman–Crippen MR) is 52.6 cm³/mol. The van der Waals surface area contributed by atoms with Crippen molar-refractivity contribution >= 4 is 11.0 Å². The molecule has 0 aliphatic heterocycles. The van der Waals surface area contributed by atoms with Crippen molar-refractivity contribution in [2.75, 3.05) is 6.61 Å². The van der Waals surface area contributed by atoms with Crippen molar-refractivity contribution in [2.24, 2.45) is 0 Å². The van der Waals surface area contributed by atoms with Crippen LogP contribution in [-0.2, 0) is 0 Å². The Morgan fingerprint density at radius 3 is 2.88 bits per heavy atom. The Kier molecular flexibility index (Phi) is 2.69. The first kappa shape index (κ1) is 10.7. The van der Waals surface area contributed by atoms with Crippen molar-refractivity contribution in [2.45, 2.75) is 12.2 Å². The molecule has 2 aromatic heterocycles. The molecule has 0 radical (unpaired) electrons. The number of rotatable bonds is 3. The van der Waals surface area contributed by atoms with Crippen LogP contribution in [0, 0.1) is 0 Å². The second kappa shape index (κ2) is 4.00. The molecular formula is C8H10N4O4. The fraction of sp³-hybridized carbons (Fsp3) is 0.375. The van der Waals surface area contributed by atoms with E-state index in [0.717, 1.165) is 0 Å². The van der Waals surface area contributed by atoms with Gasteiger partial charge in [0.15, 0.2) is 5.65 Å². The molecule has 8 nitrogen and oxygen atoms in total. The fourth-order valence-electron chi connectivity index (χ4n) is 1.39. The van der Waals surface area contributed by atoms with E-state index in [-0.39, 0.29) is 16.7 Å². The molecule has 0 saturated heterocycles. The Bertz CT molecular complexity index is 548. The highest BCUT2D eigenvalue weighted by Crippen LogP contribution is 2.19. The fourth-order valence-corrected chi connectivity index (χ4v) is 1.39. The lowest BCUT2D eigenvalue weighted by Crippen LogP contribution is -2.23. The number of fused-ring (bicyclic) bond motifs is 1. The van der Waals surface area contributed by atoms with Gasteiger partial charge in [0.2, 0.25) is 0 Å². The van der Waals surface area contributed by atoms with Crippen LogP contribution in [0.4, 0.5) is 0 Å². The third-order valence-corrected chi connectivity index (χ3v) is 2.23. The standard InChI is InChI=1S/C8H10N4O4/c13-1-3(14)6(15)5-4-7(12-11-5)9-2-10-8(4)16/h2-3,6,13-15H,1H2,(H2,9,10,11,12,16). The molecule has 0 bridgehead atoms. The van der Waals surface area contributed by atoms with Crippen LogP contribution in [0.2, 0.25) is 0 Å². The number of aliphatic hydroxyl groups excluding tert-OH is 3. The van der Waals surface area contributed by atoms with E-state index in [1.54, 1.807) is 0 Å². The lowest BCUT2D eigenvalue weighted by Gasteiger charge is -2.13. The molecule has 2 heterocycles. The maximum absolute atomic E-state index is 11.5. The van der Waals surface area contributed by atoms with E-state index in [4.69, 9.17) is 5.11 Å². The normalized spacial score (nSPS) is 15.2. The summed E-state index contributed by atoms with van der Waals surface area (Å²) in [6.07, 6.45) is -1.62. The summed E-state index contributed by atoms with van der Waals surface area (Å²) in [4.78, 5) is 17.6. The molecule has 86 valence electrons. The molecule has 2 unspecified atom stereocenters. The van der Waals surface area contributed by atoms with Gasteiger partial charge in [-0.3, -0.25) is 9.89 Å². The van der Waals surface area contributed by atoms with E-state index in [2.05, 4.69) is 20.2 Å². The minimum atomic E-state index is -1.42. The molecule has 0 spiro atoms. The summed E-state index contributed by atoms with van der Waals surface area (Å²) in [6, 6.07) is 0. The zero-order valence-electron chi connectivity index (χ0n) is 8.08. The van der Waals surface area contributed by atoms with E-state index < -0.39 is 24.4 Å². The Hall–Kier alpha value is -1.77. The maximum atomic E-state index is 11.5. The summed E-state index contributed by atoms with van der Waals surface area (Å²) >= 11 is 0. The number of nitrogens with one attached hydrogen (secondary N) is 2. The van der Waals surface area contributed by atoms with E-state index in [9.17, 15) is 15.0 Å². The topological polar surface area (TPSA) is 135 Å². The average Bonchev–Trinajstić information content (AvgIpc) is 2.72. The van der Waals surface area contributed by atoms with Crippen molar-refractivity contribution in [3.05, 3.63) is 22.4 Å². The zero-order valence-corrected chi connectivity index (χ0v) is 8.08. The highest BCUT2D eigenvalue weighted by molar-refractivity contribution is 5.76. The summed E-state index contributed by atoms with van der Waals surface area (Å²) in [5.41, 5.74) is -0.299. The molecule has 2 aromatic rings. The minimum absolute atomic E-state index is 0.0332. The number of hydrogen-bond donors (Lipinski definition) is 5. The second-order valence-corrected chi connectivity index (χ2v) is 3.26. The highest BCUT2D eigenvalue weighted by Gasteiger charge is 2.23. The first-order valence-corrected chi connectivity index (χ1v) is 4.53.